The van der Waals surface area contributed by atoms with E-state index in [1.165, 1.54) is 0 Å². The number of carbonyl (C=O) groups excluding carboxylic acids is 1. The number of esters is 1. The predicted octanol–water partition coefficient (Wildman–Crippen LogP) is 1.91. The average Bonchev–Trinajstić information content (AvgIpc) is 3.25. The molecule has 0 bridgehead atoms. The van der Waals surface area contributed by atoms with Crippen molar-refractivity contribution in [2.45, 2.75) is 43.8 Å². The van der Waals surface area contributed by atoms with Crippen LogP contribution in [0.25, 0.3) is 0 Å². The molecule has 1 unspecified atom stereocenters. The first-order valence-corrected chi connectivity index (χ1v) is 9.38. The molecule has 6 heteroatoms. The molecule has 0 spiro atoms. The largest absolute Gasteiger partial charge is 0.477 e. The molecule has 1 aliphatic heterocycles. The number of benzene rings is 1. The topological polar surface area (TPSA) is 83.8 Å². The molecule has 0 aromatic heterocycles. The molecule has 6 nitrogen and oxygen atoms in total. The number of carboxylic acid groups (broad SMARTS) is 1. The molecule has 1 aliphatic carbocycles. The van der Waals surface area contributed by atoms with Crippen LogP contribution in [0.5, 0.6) is 0 Å². The van der Waals surface area contributed by atoms with Crippen LogP contribution in [0.2, 0.25) is 0 Å². The molecule has 2 aliphatic rings. The van der Waals surface area contributed by atoms with Crippen molar-refractivity contribution < 1.29 is 29.0 Å². The summed E-state index contributed by atoms with van der Waals surface area (Å²) >= 11 is 0. The molecule has 2 fully saturated rings. The summed E-state index contributed by atoms with van der Waals surface area (Å²) in [5.74, 6) is -1.59. The van der Waals surface area contributed by atoms with Crippen LogP contribution in [0.4, 0.5) is 0 Å². The Labute approximate surface area is 154 Å². The van der Waals surface area contributed by atoms with Gasteiger partial charge in [-0.25, -0.2) is 9.59 Å². The maximum atomic E-state index is 13.0. The highest BCUT2D eigenvalue weighted by atomic mass is 16.6. The first kappa shape index (κ1) is 18.9. The van der Waals surface area contributed by atoms with Crippen molar-refractivity contribution in [2.24, 2.45) is 5.92 Å². The smallest absolute Gasteiger partial charge is 0.359 e. The van der Waals surface area contributed by atoms with Crippen molar-refractivity contribution in [2.75, 3.05) is 26.7 Å². The van der Waals surface area contributed by atoms with Gasteiger partial charge in [0.15, 0.2) is 18.2 Å². The van der Waals surface area contributed by atoms with Gasteiger partial charge in [0.05, 0.1) is 13.6 Å². The van der Waals surface area contributed by atoms with Gasteiger partial charge in [0.2, 0.25) is 0 Å². The second kappa shape index (κ2) is 7.37. The van der Waals surface area contributed by atoms with E-state index in [9.17, 15) is 14.7 Å². The van der Waals surface area contributed by atoms with E-state index in [-0.39, 0.29) is 18.6 Å². The Morgan fingerprint density at radius 2 is 1.85 bits per heavy atom. The van der Waals surface area contributed by atoms with E-state index < -0.39 is 17.5 Å². The summed E-state index contributed by atoms with van der Waals surface area (Å²) in [6.07, 6.45) is 3.87. The zero-order chi connectivity index (χ0) is 18.8. The number of likely N-dealkylation sites (N-methyl/N-ethyl adjacent to an activating group) is 1. The van der Waals surface area contributed by atoms with E-state index in [4.69, 9.17) is 9.84 Å². The van der Waals surface area contributed by atoms with E-state index in [1.807, 2.05) is 25.2 Å². The molecule has 1 saturated carbocycles. The van der Waals surface area contributed by atoms with Crippen molar-refractivity contribution in [3.05, 3.63) is 35.9 Å². The number of rotatable bonds is 6. The van der Waals surface area contributed by atoms with Gasteiger partial charge >= 0.3 is 11.9 Å². The summed E-state index contributed by atoms with van der Waals surface area (Å²) in [6, 6.07) is 9.05. The van der Waals surface area contributed by atoms with Gasteiger partial charge in [0, 0.05) is 12.3 Å². The van der Waals surface area contributed by atoms with Crippen molar-refractivity contribution >= 4 is 11.9 Å². The molecule has 142 valence electrons. The number of ether oxygens (including phenoxy) is 1. The zero-order valence-corrected chi connectivity index (χ0v) is 15.3. The first-order valence-electron chi connectivity index (χ1n) is 9.38. The van der Waals surface area contributed by atoms with Gasteiger partial charge in [0.1, 0.15) is 6.54 Å². The summed E-state index contributed by atoms with van der Waals surface area (Å²) in [5, 5.41) is 20.5. The van der Waals surface area contributed by atoms with Gasteiger partial charge in [-0.05, 0) is 18.4 Å². The minimum Gasteiger partial charge on any atom is -0.477 e. The van der Waals surface area contributed by atoms with Crippen molar-refractivity contribution in [3.8, 4) is 0 Å². The molecule has 0 amide bonds. The van der Waals surface area contributed by atoms with Crippen LogP contribution in [0.1, 0.15) is 37.7 Å². The summed E-state index contributed by atoms with van der Waals surface area (Å²) in [6.45, 7) is 1.13. The number of aliphatic carboxylic acids is 1. The Balaban J connectivity index is 1.76. The van der Waals surface area contributed by atoms with Gasteiger partial charge in [0.25, 0.3) is 0 Å². The Kier molecular flexibility index (Phi) is 5.34. The van der Waals surface area contributed by atoms with Gasteiger partial charge in [-0.1, -0.05) is 43.2 Å². The number of aliphatic hydroxyl groups is 1. The number of nitrogens with zero attached hydrogens (tertiary/aromatic N) is 1. The Bertz CT molecular complexity index is 657. The molecule has 1 heterocycles. The molecule has 2 N–H and O–H groups in total. The number of hydrogen-bond donors (Lipinski definition) is 2. The van der Waals surface area contributed by atoms with E-state index in [2.05, 4.69) is 0 Å². The number of carbonyl (C=O) groups is 2. The maximum Gasteiger partial charge on any atom is 0.359 e. The number of carboxylic acids is 1. The fourth-order valence-electron chi connectivity index (χ4n) is 4.49. The van der Waals surface area contributed by atoms with Crippen molar-refractivity contribution in [3.63, 3.8) is 0 Å². The van der Waals surface area contributed by atoms with Crippen LogP contribution in [0, 0.1) is 5.92 Å². The molecular weight excluding hydrogens is 334 g/mol. The first-order chi connectivity index (χ1) is 12.3. The number of hydrogen-bond acceptors (Lipinski definition) is 4. The molecule has 26 heavy (non-hydrogen) atoms. The Hall–Kier alpha value is -1.92. The highest BCUT2D eigenvalue weighted by Gasteiger charge is 2.49. The normalized spacial score (nSPS) is 28.6. The fourth-order valence-corrected chi connectivity index (χ4v) is 4.49. The zero-order valence-electron chi connectivity index (χ0n) is 15.3. The SMILES string of the molecule is C[N+]1(CC(=O)O)CC[C@@H](OC(=O)[C@@](O)(c2ccccc2)C2CCCC2)C1. The summed E-state index contributed by atoms with van der Waals surface area (Å²) in [7, 11) is 1.86. The summed E-state index contributed by atoms with van der Waals surface area (Å²) < 4.78 is 6.07. The molecule has 3 rings (SSSR count). The Morgan fingerprint density at radius 1 is 1.19 bits per heavy atom. The van der Waals surface area contributed by atoms with Crippen LogP contribution >= 0.6 is 0 Å². The summed E-state index contributed by atoms with van der Waals surface area (Å²) in [5.41, 5.74) is -1.05. The average molecular weight is 362 g/mol. The monoisotopic (exact) mass is 362 g/mol. The van der Waals surface area contributed by atoms with Gasteiger partial charge in [-0.2, -0.15) is 0 Å². The standard InChI is InChI=1S/C20H27NO5/c1-21(14-18(22)23)12-11-17(13-21)26-19(24)20(25,16-9-5-6-10-16)15-7-3-2-4-8-15/h2-4,7-8,16-17,25H,5-6,9-14H2,1H3/p+1/t17-,20-,21?/m1/s1. The van der Waals surface area contributed by atoms with E-state index in [1.54, 1.807) is 12.1 Å². The van der Waals surface area contributed by atoms with Gasteiger partial charge < -0.3 is 19.4 Å². The third kappa shape index (κ3) is 3.76. The Morgan fingerprint density at radius 3 is 2.46 bits per heavy atom. The molecule has 1 aromatic carbocycles. The third-order valence-corrected chi connectivity index (χ3v) is 5.90. The van der Waals surface area contributed by atoms with Crippen LogP contribution in [0.3, 0.4) is 0 Å². The third-order valence-electron chi connectivity index (χ3n) is 5.90. The van der Waals surface area contributed by atoms with E-state index in [0.29, 0.717) is 29.6 Å². The van der Waals surface area contributed by atoms with Crippen LogP contribution in [-0.4, -0.2) is 59.4 Å². The molecule has 1 saturated heterocycles. The molecule has 3 atom stereocenters. The number of quaternary nitrogens is 1. The molecule has 0 radical (unpaired) electrons. The summed E-state index contributed by atoms with van der Waals surface area (Å²) in [4.78, 5) is 24.1. The lowest BCUT2D eigenvalue weighted by atomic mass is 9.80. The fraction of sp³-hybridized carbons (Fsp3) is 0.600. The highest BCUT2D eigenvalue weighted by Crippen LogP contribution is 2.42. The number of likely N-dealkylation sites (tertiary alicyclic amines) is 1. The highest BCUT2D eigenvalue weighted by molar-refractivity contribution is 5.81. The quantitative estimate of drug-likeness (QED) is 0.597. The van der Waals surface area contributed by atoms with Crippen LogP contribution < -0.4 is 0 Å². The van der Waals surface area contributed by atoms with Crippen LogP contribution in [0.15, 0.2) is 30.3 Å². The maximum absolute atomic E-state index is 13.0. The molecule has 1 aromatic rings. The lowest BCUT2D eigenvalue weighted by Crippen LogP contribution is -2.48. The second-order valence-corrected chi connectivity index (χ2v) is 8.01. The minimum absolute atomic E-state index is 0.0135. The van der Waals surface area contributed by atoms with E-state index >= 15 is 0 Å². The van der Waals surface area contributed by atoms with Crippen molar-refractivity contribution in [1.82, 2.24) is 0 Å². The predicted molar refractivity (Wildman–Crippen MR) is 95.2 cm³/mol. The lowest BCUT2D eigenvalue weighted by molar-refractivity contribution is -0.891. The van der Waals surface area contributed by atoms with Gasteiger partial charge in [-0.15, -0.1) is 0 Å². The van der Waals surface area contributed by atoms with Crippen LogP contribution in [-0.2, 0) is 19.9 Å². The minimum atomic E-state index is -1.63. The van der Waals surface area contributed by atoms with E-state index in [0.717, 1.165) is 25.7 Å². The molecular formula is C20H28NO5+. The van der Waals surface area contributed by atoms with Gasteiger partial charge in [-0.3, -0.25) is 0 Å². The lowest BCUT2D eigenvalue weighted by Gasteiger charge is -2.33. The van der Waals surface area contributed by atoms with Crippen molar-refractivity contribution in [1.29, 1.82) is 0 Å². The second-order valence-electron chi connectivity index (χ2n) is 8.01.